The summed E-state index contributed by atoms with van der Waals surface area (Å²) < 4.78 is 32.4. The minimum absolute atomic E-state index is 0.168. The van der Waals surface area contributed by atoms with Crippen LogP contribution in [0.4, 0.5) is 0 Å². The highest BCUT2D eigenvalue weighted by atomic mass is 32.2. The van der Waals surface area contributed by atoms with Gasteiger partial charge in [-0.15, -0.1) is 0 Å². The van der Waals surface area contributed by atoms with Crippen molar-refractivity contribution in [3.8, 4) is 5.75 Å². The van der Waals surface area contributed by atoms with Crippen molar-refractivity contribution in [2.75, 3.05) is 20.2 Å². The number of methoxy groups -OCH3 is 1. The molecule has 172 valence electrons. The van der Waals surface area contributed by atoms with E-state index in [9.17, 15) is 18.0 Å². The molecule has 0 unspecified atom stereocenters. The van der Waals surface area contributed by atoms with E-state index < -0.39 is 16.1 Å². The fourth-order valence-corrected chi connectivity index (χ4v) is 5.32. The summed E-state index contributed by atoms with van der Waals surface area (Å²) in [4.78, 5) is 24.9. The average Bonchev–Trinajstić information content (AvgIpc) is 2.79. The van der Waals surface area contributed by atoms with Crippen molar-refractivity contribution < 1.29 is 22.7 Å². The van der Waals surface area contributed by atoms with Crippen molar-refractivity contribution in [3.05, 3.63) is 60.2 Å². The van der Waals surface area contributed by atoms with E-state index in [4.69, 9.17) is 4.74 Å². The Balaban J connectivity index is 1.62. The van der Waals surface area contributed by atoms with Crippen molar-refractivity contribution in [1.29, 1.82) is 0 Å². The lowest BCUT2D eigenvalue weighted by atomic mass is 10.0. The smallest absolute Gasteiger partial charge is 0.243 e. The second-order valence-electron chi connectivity index (χ2n) is 7.77. The molecule has 2 N–H and O–H groups in total. The van der Waals surface area contributed by atoms with Crippen molar-refractivity contribution in [2.24, 2.45) is 0 Å². The van der Waals surface area contributed by atoms with Crippen LogP contribution in [0.1, 0.15) is 25.3 Å². The molecule has 1 aliphatic heterocycles. The molecule has 2 aromatic rings. The van der Waals surface area contributed by atoms with E-state index in [1.807, 2.05) is 18.2 Å². The first kappa shape index (κ1) is 23.7. The molecular weight excluding hydrogens is 430 g/mol. The highest BCUT2D eigenvalue weighted by molar-refractivity contribution is 7.89. The normalized spacial score (nSPS) is 16.2. The van der Waals surface area contributed by atoms with Gasteiger partial charge in [-0.25, -0.2) is 8.42 Å². The van der Waals surface area contributed by atoms with Crippen LogP contribution in [0.15, 0.2) is 59.5 Å². The SMILES string of the molecule is COc1ccccc1C[C@@H](NC(C)=O)C(=O)NC1CCN(S(=O)(=O)c2ccccc2)CC1. The number of piperidine rings is 1. The summed E-state index contributed by atoms with van der Waals surface area (Å²) in [6.45, 7) is 2.01. The van der Waals surface area contributed by atoms with Gasteiger partial charge in [-0.3, -0.25) is 9.59 Å². The van der Waals surface area contributed by atoms with Gasteiger partial charge in [0.15, 0.2) is 0 Å². The van der Waals surface area contributed by atoms with Gasteiger partial charge < -0.3 is 15.4 Å². The summed E-state index contributed by atoms with van der Waals surface area (Å²) in [5, 5.41) is 5.69. The van der Waals surface area contributed by atoms with E-state index in [0.717, 1.165) is 5.56 Å². The van der Waals surface area contributed by atoms with Gasteiger partial charge in [0.2, 0.25) is 21.8 Å². The number of rotatable bonds is 8. The van der Waals surface area contributed by atoms with Crippen LogP contribution in [-0.2, 0) is 26.0 Å². The number of carbonyl (C=O) groups excluding carboxylic acids is 2. The number of amides is 2. The molecule has 0 radical (unpaired) electrons. The number of benzene rings is 2. The Bertz CT molecular complexity index is 1030. The molecule has 0 spiro atoms. The van der Waals surface area contributed by atoms with Crippen LogP contribution in [0.25, 0.3) is 0 Å². The van der Waals surface area contributed by atoms with E-state index in [0.29, 0.717) is 31.7 Å². The van der Waals surface area contributed by atoms with Crippen molar-refractivity contribution >= 4 is 21.8 Å². The third-order valence-electron chi connectivity index (χ3n) is 5.49. The first-order valence-electron chi connectivity index (χ1n) is 10.6. The van der Waals surface area contributed by atoms with E-state index in [-0.39, 0.29) is 29.2 Å². The molecule has 1 fully saturated rings. The Labute approximate surface area is 189 Å². The van der Waals surface area contributed by atoms with Crippen LogP contribution in [0.3, 0.4) is 0 Å². The Morgan fingerprint density at radius 1 is 1.06 bits per heavy atom. The van der Waals surface area contributed by atoms with Gasteiger partial charge in [0, 0.05) is 32.5 Å². The summed E-state index contributed by atoms with van der Waals surface area (Å²) in [6.07, 6.45) is 1.29. The number of nitrogens with one attached hydrogen (secondary N) is 2. The number of hydrogen-bond acceptors (Lipinski definition) is 5. The molecule has 3 rings (SSSR count). The van der Waals surface area contributed by atoms with E-state index in [1.165, 1.54) is 11.2 Å². The maximum absolute atomic E-state index is 13.0. The van der Waals surface area contributed by atoms with E-state index in [1.54, 1.807) is 43.5 Å². The fraction of sp³-hybridized carbons (Fsp3) is 0.391. The lowest BCUT2D eigenvalue weighted by molar-refractivity contribution is -0.128. The highest BCUT2D eigenvalue weighted by Gasteiger charge is 2.31. The van der Waals surface area contributed by atoms with Gasteiger partial charge in [-0.1, -0.05) is 36.4 Å². The predicted molar refractivity (Wildman–Crippen MR) is 121 cm³/mol. The second-order valence-corrected chi connectivity index (χ2v) is 9.71. The van der Waals surface area contributed by atoms with Crippen LogP contribution in [-0.4, -0.2) is 56.8 Å². The molecule has 0 bridgehead atoms. The monoisotopic (exact) mass is 459 g/mol. The van der Waals surface area contributed by atoms with Crippen molar-refractivity contribution in [3.63, 3.8) is 0 Å². The molecule has 0 saturated carbocycles. The number of hydrogen-bond donors (Lipinski definition) is 2. The molecule has 1 atom stereocenters. The first-order chi connectivity index (χ1) is 15.3. The zero-order valence-corrected chi connectivity index (χ0v) is 19.1. The fourth-order valence-electron chi connectivity index (χ4n) is 3.83. The Kier molecular flexibility index (Phi) is 7.87. The van der Waals surface area contributed by atoms with Gasteiger partial charge in [-0.05, 0) is 36.6 Å². The summed E-state index contributed by atoms with van der Waals surface area (Å²) in [7, 11) is -1.99. The van der Waals surface area contributed by atoms with Crippen LogP contribution < -0.4 is 15.4 Å². The zero-order chi connectivity index (χ0) is 23.1. The minimum Gasteiger partial charge on any atom is -0.496 e. The van der Waals surface area contributed by atoms with Crippen molar-refractivity contribution in [2.45, 2.75) is 43.2 Å². The molecule has 0 aromatic heterocycles. The second kappa shape index (κ2) is 10.6. The van der Waals surface area contributed by atoms with Crippen molar-refractivity contribution in [1.82, 2.24) is 14.9 Å². The van der Waals surface area contributed by atoms with E-state index >= 15 is 0 Å². The number of ether oxygens (including phenoxy) is 1. The minimum atomic E-state index is -3.54. The topological polar surface area (TPSA) is 105 Å². The summed E-state index contributed by atoms with van der Waals surface area (Å²) in [5.41, 5.74) is 0.813. The number of carbonyl (C=O) groups is 2. The van der Waals surface area contributed by atoms with Gasteiger partial charge in [0.1, 0.15) is 11.8 Å². The maximum Gasteiger partial charge on any atom is 0.243 e. The molecular formula is C23H29N3O5S. The van der Waals surface area contributed by atoms with Crippen LogP contribution in [0.2, 0.25) is 0 Å². The van der Waals surface area contributed by atoms with Crippen LogP contribution >= 0.6 is 0 Å². The third-order valence-corrected chi connectivity index (χ3v) is 7.40. The molecule has 8 nitrogen and oxygen atoms in total. The third kappa shape index (κ3) is 5.86. The molecule has 2 amide bonds. The number of nitrogens with zero attached hydrogens (tertiary/aromatic N) is 1. The molecule has 32 heavy (non-hydrogen) atoms. The van der Waals surface area contributed by atoms with Crippen LogP contribution in [0.5, 0.6) is 5.75 Å². The van der Waals surface area contributed by atoms with Gasteiger partial charge in [-0.2, -0.15) is 4.31 Å². The van der Waals surface area contributed by atoms with Gasteiger partial charge in [0.05, 0.1) is 12.0 Å². The molecule has 9 heteroatoms. The van der Waals surface area contributed by atoms with Gasteiger partial charge in [0.25, 0.3) is 0 Å². The predicted octanol–water partition coefficient (Wildman–Crippen LogP) is 1.71. The Morgan fingerprint density at radius 3 is 2.31 bits per heavy atom. The largest absolute Gasteiger partial charge is 0.496 e. The molecule has 1 saturated heterocycles. The average molecular weight is 460 g/mol. The Morgan fingerprint density at radius 2 is 1.69 bits per heavy atom. The lowest BCUT2D eigenvalue weighted by Gasteiger charge is -2.32. The zero-order valence-electron chi connectivity index (χ0n) is 18.3. The highest BCUT2D eigenvalue weighted by Crippen LogP contribution is 2.22. The molecule has 1 aliphatic rings. The summed E-state index contributed by atoms with van der Waals surface area (Å²) in [6, 6.07) is 14.8. The first-order valence-corrected chi connectivity index (χ1v) is 12.0. The lowest BCUT2D eigenvalue weighted by Crippen LogP contribution is -2.53. The summed E-state index contributed by atoms with van der Waals surface area (Å²) >= 11 is 0. The Hall–Kier alpha value is -2.91. The standard InChI is InChI=1S/C23H29N3O5S/c1-17(27)24-21(16-18-8-6-7-11-22(18)31-2)23(28)25-19-12-14-26(15-13-19)32(29,30)20-9-4-3-5-10-20/h3-11,19,21H,12-16H2,1-2H3,(H,24,27)(H,25,28)/t21-/m1/s1. The summed E-state index contributed by atoms with van der Waals surface area (Å²) in [5.74, 6) is 0.0503. The van der Waals surface area contributed by atoms with Gasteiger partial charge >= 0.3 is 0 Å². The number of sulfonamides is 1. The maximum atomic E-state index is 13.0. The van der Waals surface area contributed by atoms with Crippen LogP contribution in [0, 0.1) is 0 Å². The number of para-hydroxylation sites is 1. The molecule has 2 aromatic carbocycles. The molecule has 1 heterocycles. The quantitative estimate of drug-likeness (QED) is 0.625. The van der Waals surface area contributed by atoms with E-state index in [2.05, 4.69) is 10.6 Å². The molecule has 0 aliphatic carbocycles.